The van der Waals surface area contributed by atoms with Crippen molar-refractivity contribution >= 4 is 11.6 Å². The lowest BCUT2D eigenvalue weighted by atomic mass is 10.0. The van der Waals surface area contributed by atoms with Crippen LogP contribution in [-0.2, 0) is 4.79 Å². The molecule has 4 nitrogen and oxygen atoms in total. The summed E-state index contributed by atoms with van der Waals surface area (Å²) in [6, 6.07) is 6.07. The molecule has 4 heteroatoms. The van der Waals surface area contributed by atoms with Gasteiger partial charge in [-0.25, -0.2) is 0 Å². The predicted molar refractivity (Wildman–Crippen MR) is 107 cm³/mol. The maximum Gasteiger partial charge on any atom is 0.265 e. The van der Waals surface area contributed by atoms with E-state index in [9.17, 15) is 4.79 Å². The summed E-state index contributed by atoms with van der Waals surface area (Å²) in [5, 5.41) is 0. The van der Waals surface area contributed by atoms with Crippen LogP contribution in [0.25, 0.3) is 0 Å². The van der Waals surface area contributed by atoms with Gasteiger partial charge in [0, 0.05) is 26.2 Å². The Bertz CT molecular complexity index is 658. The van der Waals surface area contributed by atoms with Gasteiger partial charge >= 0.3 is 0 Å². The SMILES string of the molecule is CCCC=C1CCN(CC(C)CN2C(=O)COc3ccc(C)cc32)CC1. The van der Waals surface area contributed by atoms with E-state index in [4.69, 9.17) is 4.74 Å². The van der Waals surface area contributed by atoms with Gasteiger partial charge in [0.05, 0.1) is 5.69 Å². The van der Waals surface area contributed by atoms with Crippen LogP contribution in [0.15, 0.2) is 29.8 Å². The number of benzene rings is 1. The van der Waals surface area contributed by atoms with Crippen molar-refractivity contribution in [2.24, 2.45) is 5.92 Å². The van der Waals surface area contributed by atoms with Gasteiger partial charge in [-0.3, -0.25) is 4.79 Å². The summed E-state index contributed by atoms with van der Waals surface area (Å²) in [4.78, 5) is 16.9. The number of likely N-dealkylation sites (tertiary alicyclic amines) is 1. The number of carbonyl (C=O) groups is 1. The number of carbonyl (C=O) groups excluding carboxylic acids is 1. The Kier molecular flexibility index (Phi) is 6.36. The Morgan fingerprint density at radius 1 is 1.23 bits per heavy atom. The van der Waals surface area contributed by atoms with E-state index in [1.807, 2.05) is 17.0 Å². The highest BCUT2D eigenvalue weighted by Crippen LogP contribution is 2.33. The summed E-state index contributed by atoms with van der Waals surface area (Å²) in [7, 11) is 0. The molecule has 0 spiro atoms. The summed E-state index contributed by atoms with van der Waals surface area (Å²) >= 11 is 0. The van der Waals surface area contributed by atoms with Crippen LogP contribution in [0.1, 0.15) is 45.1 Å². The average Bonchev–Trinajstić information content (AvgIpc) is 2.63. The molecule has 1 atom stereocenters. The highest BCUT2D eigenvalue weighted by atomic mass is 16.5. The molecular formula is C22H32N2O2. The van der Waals surface area contributed by atoms with E-state index in [0.717, 1.165) is 43.2 Å². The number of aryl methyl sites for hydroxylation is 1. The number of ether oxygens (including phenoxy) is 1. The minimum absolute atomic E-state index is 0.0679. The molecule has 0 saturated carbocycles. The van der Waals surface area contributed by atoms with Crippen LogP contribution in [-0.4, -0.2) is 43.6 Å². The van der Waals surface area contributed by atoms with Gasteiger partial charge in [-0.1, -0.05) is 38.0 Å². The van der Waals surface area contributed by atoms with E-state index in [0.29, 0.717) is 5.92 Å². The van der Waals surface area contributed by atoms with Gasteiger partial charge in [0.25, 0.3) is 5.91 Å². The summed E-state index contributed by atoms with van der Waals surface area (Å²) in [6.45, 7) is 10.8. The second-order valence-corrected chi connectivity index (χ2v) is 7.82. The summed E-state index contributed by atoms with van der Waals surface area (Å²) in [5.74, 6) is 1.33. The number of amides is 1. The second-order valence-electron chi connectivity index (χ2n) is 7.82. The van der Waals surface area contributed by atoms with Crippen molar-refractivity contribution < 1.29 is 9.53 Å². The topological polar surface area (TPSA) is 32.8 Å². The maximum absolute atomic E-state index is 12.4. The van der Waals surface area contributed by atoms with Crippen LogP contribution in [0.3, 0.4) is 0 Å². The van der Waals surface area contributed by atoms with Gasteiger partial charge in [-0.05, 0) is 49.8 Å². The fourth-order valence-electron chi connectivity index (χ4n) is 3.90. The highest BCUT2D eigenvalue weighted by Gasteiger charge is 2.27. The third-order valence-electron chi connectivity index (χ3n) is 5.34. The molecule has 1 fully saturated rings. The Morgan fingerprint density at radius 2 is 2.00 bits per heavy atom. The van der Waals surface area contributed by atoms with Gasteiger partial charge in [-0.2, -0.15) is 0 Å². The van der Waals surface area contributed by atoms with Gasteiger partial charge in [0.15, 0.2) is 6.61 Å². The average molecular weight is 357 g/mol. The van der Waals surface area contributed by atoms with E-state index in [2.05, 4.69) is 37.8 Å². The molecule has 3 rings (SSSR count). The normalized spacial score (nSPS) is 19.1. The fourth-order valence-corrected chi connectivity index (χ4v) is 3.90. The van der Waals surface area contributed by atoms with Crippen molar-refractivity contribution in [2.45, 2.75) is 46.5 Å². The van der Waals surface area contributed by atoms with Crippen molar-refractivity contribution in [3.8, 4) is 5.75 Å². The molecule has 142 valence electrons. The molecule has 2 heterocycles. The number of hydrogen-bond acceptors (Lipinski definition) is 3. The molecule has 26 heavy (non-hydrogen) atoms. The van der Waals surface area contributed by atoms with Crippen LogP contribution in [0, 0.1) is 12.8 Å². The van der Waals surface area contributed by atoms with Crippen molar-refractivity contribution in [1.82, 2.24) is 4.90 Å². The molecule has 1 unspecified atom stereocenters. The number of hydrogen-bond donors (Lipinski definition) is 0. The highest BCUT2D eigenvalue weighted by molar-refractivity contribution is 5.97. The fraction of sp³-hybridized carbons (Fsp3) is 0.591. The first kappa shape index (κ1) is 19.0. The summed E-state index contributed by atoms with van der Waals surface area (Å²) in [5.41, 5.74) is 3.71. The van der Waals surface area contributed by atoms with E-state index in [1.54, 1.807) is 5.57 Å². The van der Waals surface area contributed by atoms with Gasteiger partial charge in [0.1, 0.15) is 5.75 Å². The molecule has 2 aliphatic rings. The molecule has 0 bridgehead atoms. The maximum atomic E-state index is 12.4. The zero-order valence-corrected chi connectivity index (χ0v) is 16.5. The third-order valence-corrected chi connectivity index (χ3v) is 5.34. The lowest BCUT2D eigenvalue weighted by molar-refractivity contribution is -0.121. The van der Waals surface area contributed by atoms with Crippen molar-refractivity contribution in [3.63, 3.8) is 0 Å². The Hall–Kier alpha value is -1.81. The Morgan fingerprint density at radius 3 is 2.73 bits per heavy atom. The van der Waals surface area contributed by atoms with Gasteiger partial charge < -0.3 is 14.5 Å². The van der Waals surface area contributed by atoms with Crippen LogP contribution in [0.4, 0.5) is 5.69 Å². The van der Waals surface area contributed by atoms with E-state index in [1.165, 1.54) is 25.7 Å². The molecule has 1 amide bonds. The molecule has 0 N–H and O–H groups in total. The Labute approximate surface area is 157 Å². The number of allylic oxidation sites excluding steroid dienone is 1. The molecule has 0 radical (unpaired) electrons. The van der Waals surface area contributed by atoms with Crippen LogP contribution < -0.4 is 9.64 Å². The number of piperidine rings is 1. The largest absolute Gasteiger partial charge is 0.482 e. The molecule has 2 aliphatic heterocycles. The predicted octanol–water partition coefficient (Wildman–Crippen LogP) is 4.18. The van der Waals surface area contributed by atoms with Crippen molar-refractivity contribution in [2.75, 3.05) is 37.7 Å². The Balaban J connectivity index is 1.56. The first-order chi connectivity index (χ1) is 12.6. The first-order valence-electron chi connectivity index (χ1n) is 10.0. The summed E-state index contributed by atoms with van der Waals surface area (Å²) in [6.07, 6.45) is 7.28. The molecule has 1 aromatic carbocycles. The number of fused-ring (bicyclic) bond motifs is 1. The standard InChI is InChI=1S/C22H32N2O2/c1-4-5-6-19-9-11-23(12-10-19)14-18(3)15-24-20-13-17(2)7-8-21(20)26-16-22(24)25/h6-8,13,18H,4-5,9-12,14-16H2,1-3H3. The lowest BCUT2D eigenvalue weighted by Gasteiger charge is -2.35. The smallest absolute Gasteiger partial charge is 0.265 e. The summed E-state index contributed by atoms with van der Waals surface area (Å²) < 4.78 is 5.59. The molecule has 1 aromatic rings. The van der Waals surface area contributed by atoms with Crippen LogP contribution in [0.5, 0.6) is 5.75 Å². The zero-order chi connectivity index (χ0) is 18.5. The van der Waals surface area contributed by atoms with Gasteiger partial charge in [-0.15, -0.1) is 0 Å². The zero-order valence-electron chi connectivity index (χ0n) is 16.5. The number of unbranched alkanes of at least 4 members (excludes halogenated alkanes) is 1. The minimum Gasteiger partial charge on any atom is -0.482 e. The van der Waals surface area contributed by atoms with E-state index in [-0.39, 0.29) is 12.5 Å². The molecular weight excluding hydrogens is 324 g/mol. The number of rotatable bonds is 6. The molecule has 0 aliphatic carbocycles. The monoisotopic (exact) mass is 356 g/mol. The van der Waals surface area contributed by atoms with E-state index >= 15 is 0 Å². The second kappa shape index (κ2) is 8.72. The quantitative estimate of drug-likeness (QED) is 0.717. The van der Waals surface area contributed by atoms with Crippen LogP contribution >= 0.6 is 0 Å². The minimum atomic E-state index is 0.0679. The molecule has 1 saturated heterocycles. The number of nitrogens with zero attached hydrogens (tertiary/aromatic N) is 2. The van der Waals surface area contributed by atoms with Crippen molar-refractivity contribution in [1.29, 1.82) is 0 Å². The first-order valence-corrected chi connectivity index (χ1v) is 10.0. The van der Waals surface area contributed by atoms with E-state index < -0.39 is 0 Å². The van der Waals surface area contributed by atoms with Crippen molar-refractivity contribution in [3.05, 3.63) is 35.4 Å². The number of anilines is 1. The third kappa shape index (κ3) is 4.67. The lowest BCUT2D eigenvalue weighted by Crippen LogP contribution is -2.44. The van der Waals surface area contributed by atoms with Crippen LogP contribution in [0.2, 0.25) is 0 Å². The van der Waals surface area contributed by atoms with Gasteiger partial charge in [0.2, 0.25) is 0 Å². The molecule has 0 aromatic heterocycles.